The summed E-state index contributed by atoms with van der Waals surface area (Å²) in [7, 11) is 1.81. The molecule has 0 bridgehead atoms. The number of nitrogens with zero attached hydrogens (tertiary/aromatic N) is 4. The van der Waals surface area contributed by atoms with Crippen molar-refractivity contribution in [2.45, 2.75) is 11.8 Å². The maximum Gasteiger partial charge on any atom is 0.157 e. The van der Waals surface area contributed by atoms with Crippen LogP contribution in [0.1, 0.15) is 12.5 Å². The van der Waals surface area contributed by atoms with Gasteiger partial charge >= 0.3 is 0 Å². The monoisotopic (exact) mass is 368 g/mol. The molecule has 0 fully saturated rings. The number of fused-ring (bicyclic) bond motifs is 2. The number of nitrogens with one attached hydrogen (secondary N) is 2. The molecule has 0 saturated carbocycles. The van der Waals surface area contributed by atoms with Crippen LogP contribution in [0, 0.1) is 5.82 Å². The minimum Gasteiger partial charge on any atom is -0.372 e. The summed E-state index contributed by atoms with van der Waals surface area (Å²) in [6.07, 6.45) is 8.95. The molecule has 3 aromatic heterocycles. The largest absolute Gasteiger partial charge is 0.372 e. The summed E-state index contributed by atoms with van der Waals surface area (Å²) >= 11 is 1.35. The van der Waals surface area contributed by atoms with Gasteiger partial charge in [0.25, 0.3) is 0 Å². The van der Waals surface area contributed by atoms with E-state index in [9.17, 15) is 0 Å². The molecule has 2 N–H and O–H groups in total. The molecule has 0 atom stereocenters. The van der Waals surface area contributed by atoms with E-state index in [0.29, 0.717) is 38.5 Å². The van der Waals surface area contributed by atoms with Crippen LogP contribution in [0.25, 0.3) is 33.4 Å². The highest BCUT2D eigenvalue weighted by Crippen LogP contribution is 2.41. The van der Waals surface area contributed by atoms with Crippen LogP contribution >= 0.6 is 11.8 Å². The van der Waals surface area contributed by atoms with Crippen LogP contribution in [0.4, 0.5) is 10.2 Å². The number of anilines is 1. The van der Waals surface area contributed by atoms with E-state index in [4.69, 9.17) is 0 Å². The van der Waals surface area contributed by atoms with E-state index in [0.717, 1.165) is 11.2 Å². The van der Waals surface area contributed by atoms with Crippen LogP contribution in [-0.2, 0) is 0 Å². The molecule has 8 heteroatoms. The molecule has 0 radical (unpaired) electrons. The highest BCUT2D eigenvalue weighted by Gasteiger charge is 2.23. The molecule has 0 aliphatic rings. The summed E-state index contributed by atoms with van der Waals surface area (Å²) in [4.78, 5) is 9.44. The quantitative estimate of drug-likeness (QED) is 0.528. The third-order valence-electron chi connectivity index (χ3n) is 4.29. The normalized spacial score (nSPS) is 11.4. The predicted octanol–water partition coefficient (Wildman–Crippen LogP) is 4.21. The van der Waals surface area contributed by atoms with Crippen molar-refractivity contribution in [1.82, 2.24) is 24.6 Å². The van der Waals surface area contributed by atoms with Gasteiger partial charge in [-0.05, 0) is 18.8 Å². The fraction of sp³-hybridized carbons (Fsp3) is 0.167. The van der Waals surface area contributed by atoms with E-state index in [1.165, 1.54) is 11.8 Å². The zero-order valence-corrected chi connectivity index (χ0v) is 15.4. The Balaban J connectivity index is 2.06. The number of imidazole rings is 1. The van der Waals surface area contributed by atoms with Gasteiger partial charge in [0.2, 0.25) is 0 Å². The van der Waals surface area contributed by atoms with Gasteiger partial charge in [-0.2, -0.15) is 5.10 Å². The average molecular weight is 368 g/mol. The van der Waals surface area contributed by atoms with Crippen LogP contribution in [-0.4, -0.2) is 37.9 Å². The first-order chi connectivity index (χ1) is 12.5. The maximum atomic E-state index is 15.3. The summed E-state index contributed by atoms with van der Waals surface area (Å²) in [5.74, 6) is 0.437. The van der Waals surface area contributed by atoms with Crippen LogP contribution in [0.15, 0.2) is 36.3 Å². The Kier molecular flexibility index (Phi) is 3.91. The summed E-state index contributed by atoms with van der Waals surface area (Å²) in [6.45, 7) is 5.70. The smallest absolute Gasteiger partial charge is 0.157 e. The van der Waals surface area contributed by atoms with Gasteiger partial charge < -0.3 is 9.72 Å². The molecule has 4 rings (SSSR count). The second-order valence-electron chi connectivity index (χ2n) is 5.95. The second kappa shape index (κ2) is 6.14. The van der Waals surface area contributed by atoms with Crippen molar-refractivity contribution in [3.8, 4) is 11.3 Å². The molecule has 132 valence electrons. The number of allylic oxidation sites excluding steroid dienone is 1. The van der Waals surface area contributed by atoms with Crippen molar-refractivity contribution in [1.29, 1.82) is 0 Å². The van der Waals surface area contributed by atoms with Crippen LogP contribution in [0.5, 0.6) is 0 Å². The molecule has 0 unspecified atom stereocenters. The number of thioether (sulfide) groups is 1. The van der Waals surface area contributed by atoms with E-state index >= 15 is 4.39 Å². The first-order valence-corrected chi connectivity index (χ1v) is 9.19. The SMILES string of the molecule is C=C(C)c1c(F)c(SC)c(-c2cn3cc(NC)nc3cn2)c2cn[nH]c12. The predicted molar refractivity (Wildman–Crippen MR) is 104 cm³/mol. The van der Waals surface area contributed by atoms with Crippen molar-refractivity contribution < 1.29 is 4.39 Å². The topological polar surface area (TPSA) is 70.9 Å². The molecule has 0 spiro atoms. The van der Waals surface area contributed by atoms with E-state index < -0.39 is 0 Å². The molecule has 0 amide bonds. The van der Waals surface area contributed by atoms with Gasteiger partial charge in [-0.15, -0.1) is 11.8 Å². The Morgan fingerprint density at radius 2 is 2.15 bits per heavy atom. The Bertz CT molecular complexity index is 1160. The Hall–Kier alpha value is -2.87. The minimum absolute atomic E-state index is 0.305. The van der Waals surface area contributed by atoms with Gasteiger partial charge in [0.05, 0.1) is 34.7 Å². The third-order valence-corrected chi connectivity index (χ3v) is 5.08. The second-order valence-corrected chi connectivity index (χ2v) is 6.77. The van der Waals surface area contributed by atoms with Crippen LogP contribution in [0.3, 0.4) is 0 Å². The summed E-state index contributed by atoms with van der Waals surface area (Å²) in [5, 5.41) is 10.9. The van der Waals surface area contributed by atoms with Gasteiger partial charge in [0.15, 0.2) is 5.65 Å². The van der Waals surface area contributed by atoms with Gasteiger partial charge in [0.1, 0.15) is 11.6 Å². The van der Waals surface area contributed by atoms with E-state index in [1.54, 1.807) is 19.3 Å². The lowest BCUT2D eigenvalue weighted by atomic mass is 9.99. The van der Waals surface area contributed by atoms with Crippen LogP contribution < -0.4 is 5.32 Å². The molecule has 4 aromatic rings. The first kappa shape index (κ1) is 16.6. The standard InChI is InChI=1S/C18H17FN6S/c1-9(2)14-16(19)18(26-4)15(10-5-22-24-17(10)14)11-7-25-8-12(20-3)23-13(25)6-21-11/h5-8,20H,1H2,2-4H3,(H,22,24). The van der Waals surface area contributed by atoms with Crippen molar-refractivity contribution >= 4 is 39.7 Å². The van der Waals surface area contributed by atoms with E-state index in [2.05, 4.69) is 32.1 Å². The number of rotatable bonds is 4. The summed E-state index contributed by atoms with van der Waals surface area (Å²) in [6, 6.07) is 0. The van der Waals surface area contributed by atoms with Crippen molar-refractivity contribution in [2.75, 3.05) is 18.6 Å². The zero-order chi connectivity index (χ0) is 18.4. The molecule has 0 saturated heterocycles. The number of benzene rings is 1. The number of aromatic nitrogens is 5. The first-order valence-electron chi connectivity index (χ1n) is 7.96. The number of H-pyrrole nitrogens is 1. The van der Waals surface area contributed by atoms with E-state index in [1.807, 2.05) is 30.1 Å². The van der Waals surface area contributed by atoms with Gasteiger partial charge in [-0.25, -0.2) is 9.37 Å². The number of hydrogen-bond acceptors (Lipinski definition) is 5. The maximum absolute atomic E-state index is 15.3. The molecule has 0 aliphatic heterocycles. The molecule has 3 heterocycles. The molecule has 26 heavy (non-hydrogen) atoms. The number of aromatic amines is 1. The van der Waals surface area contributed by atoms with Crippen molar-refractivity contribution in [3.05, 3.63) is 42.7 Å². The van der Waals surface area contributed by atoms with Crippen molar-refractivity contribution in [3.63, 3.8) is 0 Å². The molecule has 6 nitrogen and oxygen atoms in total. The Labute approximate surface area is 153 Å². The van der Waals surface area contributed by atoms with Crippen molar-refractivity contribution in [2.24, 2.45) is 0 Å². The highest BCUT2D eigenvalue weighted by atomic mass is 32.2. The number of halogens is 1. The molecule has 1 aromatic carbocycles. The molecular formula is C18H17FN6S. The fourth-order valence-electron chi connectivity index (χ4n) is 3.12. The lowest BCUT2D eigenvalue weighted by Gasteiger charge is -2.14. The molecule has 0 aliphatic carbocycles. The summed E-state index contributed by atoms with van der Waals surface area (Å²) in [5.41, 5.74) is 3.82. The minimum atomic E-state index is -0.305. The third kappa shape index (κ3) is 2.37. The zero-order valence-electron chi connectivity index (χ0n) is 14.6. The molecular weight excluding hydrogens is 351 g/mol. The fourth-order valence-corrected chi connectivity index (χ4v) is 3.82. The highest BCUT2D eigenvalue weighted by molar-refractivity contribution is 7.98. The van der Waals surface area contributed by atoms with E-state index in [-0.39, 0.29) is 5.82 Å². The van der Waals surface area contributed by atoms with Crippen LogP contribution in [0.2, 0.25) is 0 Å². The van der Waals surface area contributed by atoms with Gasteiger partial charge in [0, 0.05) is 29.8 Å². The average Bonchev–Trinajstić information content (AvgIpc) is 3.25. The lowest BCUT2D eigenvalue weighted by Crippen LogP contribution is -1.98. The summed E-state index contributed by atoms with van der Waals surface area (Å²) < 4.78 is 17.1. The van der Waals surface area contributed by atoms with Gasteiger partial charge in [-0.1, -0.05) is 6.58 Å². The lowest BCUT2D eigenvalue weighted by molar-refractivity contribution is 0.601. The Morgan fingerprint density at radius 3 is 2.85 bits per heavy atom. The Morgan fingerprint density at radius 1 is 1.35 bits per heavy atom. The number of hydrogen-bond donors (Lipinski definition) is 2. The van der Waals surface area contributed by atoms with Gasteiger partial charge in [-0.3, -0.25) is 10.1 Å².